The zero-order valence-corrected chi connectivity index (χ0v) is 11.4. The maximum atomic E-state index is 5.37. The molecule has 1 aliphatic carbocycles. The van der Waals surface area contributed by atoms with Crippen molar-refractivity contribution >= 4 is 15.9 Å². The minimum absolute atomic E-state index is 0.345. The molecule has 0 heterocycles. The third kappa shape index (κ3) is 2.58. The molecule has 0 amide bonds. The molecule has 0 atom stereocenters. The van der Waals surface area contributed by atoms with Gasteiger partial charge in [0, 0.05) is 22.1 Å². The van der Waals surface area contributed by atoms with Gasteiger partial charge in [-0.05, 0) is 38.3 Å². The smallest absolute Gasteiger partial charge is 0.124 e. The molecule has 1 saturated carbocycles. The van der Waals surface area contributed by atoms with Gasteiger partial charge < -0.3 is 10.1 Å². The van der Waals surface area contributed by atoms with Gasteiger partial charge in [0.2, 0.25) is 0 Å². The number of hydrogen-bond donors (Lipinski definition) is 1. The van der Waals surface area contributed by atoms with E-state index in [0.29, 0.717) is 5.54 Å². The van der Waals surface area contributed by atoms with E-state index in [1.54, 1.807) is 7.11 Å². The molecule has 0 unspecified atom stereocenters. The predicted octanol–water partition coefficient (Wildman–Crippen LogP) is 3.49. The molecule has 2 rings (SSSR count). The molecule has 0 aliphatic heterocycles. The molecule has 1 aromatic rings. The SMILES string of the molecule is COc1cc(Br)ccc1CNC1(C)CCC1. The second-order valence-electron chi connectivity index (χ2n) is 4.72. The summed E-state index contributed by atoms with van der Waals surface area (Å²) in [6.45, 7) is 3.18. The molecule has 1 aliphatic rings. The van der Waals surface area contributed by atoms with Gasteiger partial charge in [0.15, 0.2) is 0 Å². The molecule has 0 aromatic heterocycles. The summed E-state index contributed by atoms with van der Waals surface area (Å²) in [4.78, 5) is 0. The highest BCUT2D eigenvalue weighted by atomic mass is 79.9. The molecular formula is C13H18BrNO. The van der Waals surface area contributed by atoms with Crippen molar-refractivity contribution in [1.29, 1.82) is 0 Å². The summed E-state index contributed by atoms with van der Waals surface area (Å²) >= 11 is 3.45. The number of benzene rings is 1. The predicted molar refractivity (Wildman–Crippen MR) is 69.8 cm³/mol. The summed E-state index contributed by atoms with van der Waals surface area (Å²) in [5.74, 6) is 0.949. The van der Waals surface area contributed by atoms with Crippen LogP contribution in [-0.4, -0.2) is 12.6 Å². The zero-order valence-electron chi connectivity index (χ0n) is 9.85. The molecule has 88 valence electrons. The van der Waals surface area contributed by atoms with Crippen molar-refractivity contribution in [1.82, 2.24) is 5.32 Å². The van der Waals surface area contributed by atoms with E-state index in [0.717, 1.165) is 16.8 Å². The molecule has 2 nitrogen and oxygen atoms in total. The lowest BCUT2D eigenvalue weighted by Crippen LogP contribution is -2.47. The normalized spacial score (nSPS) is 17.9. The Hall–Kier alpha value is -0.540. The van der Waals surface area contributed by atoms with Gasteiger partial charge in [0.05, 0.1) is 7.11 Å². The minimum Gasteiger partial charge on any atom is -0.496 e. The summed E-state index contributed by atoms with van der Waals surface area (Å²) < 4.78 is 6.43. The molecule has 1 aromatic carbocycles. The van der Waals surface area contributed by atoms with Crippen LogP contribution in [0.15, 0.2) is 22.7 Å². The lowest BCUT2D eigenvalue weighted by molar-refractivity contribution is 0.206. The molecule has 1 fully saturated rings. The Kier molecular flexibility index (Phi) is 3.55. The van der Waals surface area contributed by atoms with Gasteiger partial charge in [-0.15, -0.1) is 0 Å². The van der Waals surface area contributed by atoms with Gasteiger partial charge in [-0.1, -0.05) is 22.0 Å². The average Bonchev–Trinajstić information content (AvgIpc) is 2.24. The summed E-state index contributed by atoms with van der Waals surface area (Å²) in [5, 5.41) is 3.61. The van der Waals surface area contributed by atoms with Crippen molar-refractivity contribution in [2.75, 3.05) is 7.11 Å². The van der Waals surface area contributed by atoms with Crippen LogP contribution in [0, 0.1) is 0 Å². The number of methoxy groups -OCH3 is 1. The largest absolute Gasteiger partial charge is 0.496 e. The van der Waals surface area contributed by atoms with Crippen molar-refractivity contribution in [3.63, 3.8) is 0 Å². The van der Waals surface area contributed by atoms with E-state index in [-0.39, 0.29) is 0 Å². The van der Waals surface area contributed by atoms with Crippen LogP contribution in [0.3, 0.4) is 0 Å². The fourth-order valence-electron chi connectivity index (χ4n) is 2.06. The van der Waals surface area contributed by atoms with Crippen molar-refractivity contribution < 1.29 is 4.74 Å². The number of rotatable bonds is 4. The first-order valence-corrected chi connectivity index (χ1v) is 6.50. The van der Waals surface area contributed by atoms with Gasteiger partial charge >= 0.3 is 0 Å². The van der Waals surface area contributed by atoms with Gasteiger partial charge in [0.25, 0.3) is 0 Å². The topological polar surface area (TPSA) is 21.3 Å². The Bertz CT molecular complexity index is 374. The zero-order chi connectivity index (χ0) is 11.6. The summed E-state index contributed by atoms with van der Waals surface area (Å²) in [5.41, 5.74) is 1.57. The van der Waals surface area contributed by atoms with Crippen molar-refractivity contribution in [2.45, 2.75) is 38.3 Å². The number of halogens is 1. The number of nitrogens with one attached hydrogen (secondary N) is 1. The van der Waals surface area contributed by atoms with Crippen LogP contribution in [0.5, 0.6) is 5.75 Å². The lowest BCUT2D eigenvalue weighted by Gasteiger charge is -2.39. The van der Waals surface area contributed by atoms with E-state index >= 15 is 0 Å². The first-order chi connectivity index (χ1) is 7.63. The van der Waals surface area contributed by atoms with Crippen LogP contribution in [0.4, 0.5) is 0 Å². The fraction of sp³-hybridized carbons (Fsp3) is 0.538. The van der Waals surface area contributed by atoms with Crippen LogP contribution >= 0.6 is 15.9 Å². The Morgan fingerprint density at radius 2 is 2.19 bits per heavy atom. The first kappa shape index (κ1) is 11.9. The monoisotopic (exact) mass is 283 g/mol. The van der Waals surface area contributed by atoms with Gasteiger partial charge in [-0.2, -0.15) is 0 Å². The van der Waals surface area contributed by atoms with Crippen molar-refractivity contribution in [3.8, 4) is 5.75 Å². The van der Waals surface area contributed by atoms with Crippen LogP contribution in [0.2, 0.25) is 0 Å². The molecular weight excluding hydrogens is 266 g/mol. The first-order valence-electron chi connectivity index (χ1n) is 5.70. The fourth-order valence-corrected chi connectivity index (χ4v) is 2.40. The Morgan fingerprint density at radius 1 is 1.44 bits per heavy atom. The van der Waals surface area contributed by atoms with Gasteiger partial charge in [0.1, 0.15) is 5.75 Å². The molecule has 16 heavy (non-hydrogen) atoms. The van der Waals surface area contributed by atoms with E-state index in [2.05, 4.69) is 40.3 Å². The number of hydrogen-bond acceptors (Lipinski definition) is 2. The minimum atomic E-state index is 0.345. The Morgan fingerprint density at radius 3 is 2.75 bits per heavy atom. The second-order valence-corrected chi connectivity index (χ2v) is 5.64. The highest BCUT2D eigenvalue weighted by molar-refractivity contribution is 9.10. The van der Waals surface area contributed by atoms with E-state index in [9.17, 15) is 0 Å². The van der Waals surface area contributed by atoms with Crippen LogP contribution in [-0.2, 0) is 6.54 Å². The van der Waals surface area contributed by atoms with Gasteiger partial charge in [-0.25, -0.2) is 0 Å². The van der Waals surface area contributed by atoms with E-state index in [1.807, 2.05) is 6.07 Å². The molecule has 0 radical (unpaired) electrons. The van der Waals surface area contributed by atoms with E-state index < -0.39 is 0 Å². The third-order valence-electron chi connectivity index (χ3n) is 3.41. The molecule has 0 saturated heterocycles. The summed E-state index contributed by atoms with van der Waals surface area (Å²) in [6.07, 6.45) is 3.92. The molecule has 0 bridgehead atoms. The third-order valence-corrected chi connectivity index (χ3v) is 3.91. The van der Waals surface area contributed by atoms with E-state index in [1.165, 1.54) is 24.8 Å². The van der Waals surface area contributed by atoms with Crippen LogP contribution < -0.4 is 10.1 Å². The maximum Gasteiger partial charge on any atom is 0.124 e. The molecule has 0 spiro atoms. The Labute approximate surface area is 106 Å². The maximum absolute atomic E-state index is 5.37. The summed E-state index contributed by atoms with van der Waals surface area (Å²) in [7, 11) is 1.72. The van der Waals surface area contributed by atoms with Crippen molar-refractivity contribution in [2.24, 2.45) is 0 Å². The molecule has 1 N–H and O–H groups in total. The summed E-state index contributed by atoms with van der Waals surface area (Å²) in [6, 6.07) is 6.18. The second kappa shape index (κ2) is 4.76. The highest BCUT2D eigenvalue weighted by Gasteiger charge is 2.30. The van der Waals surface area contributed by atoms with E-state index in [4.69, 9.17) is 4.74 Å². The average molecular weight is 284 g/mol. The lowest BCUT2D eigenvalue weighted by atomic mass is 9.78. The van der Waals surface area contributed by atoms with Crippen LogP contribution in [0.1, 0.15) is 31.7 Å². The standard InChI is InChI=1S/C13H18BrNO/c1-13(6-3-7-13)15-9-10-4-5-11(14)8-12(10)16-2/h4-5,8,15H,3,6-7,9H2,1-2H3. The highest BCUT2D eigenvalue weighted by Crippen LogP contribution is 2.32. The Balaban J connectivity index is 2.03. The molecule has 3 heteroatoms. The van der Waals surface area contributed by atoms with Crippen molar-refractivity contribution in [3.05, 3.63) is 28.2 Å². The number of ether oxygens (including phenoxy) is 1. The quantitative estimate of drug-likeness (QED) is 0.913. The van der Waals surface area contributed by atoms with Gasteiger partial charge in [-0.3, -0.25) is 0 Å². The van der Waals surface area contributed by atoms with Crippen LogP contribution in [0.25, 0.3) is 0 Å².